The molecule has 3 nitrogen and oxygen atoms in total. The highest BCUT2D eigenvalue weighted by molar-refractivity contribution is 5.52. The smallest absolute Gasteiger partial charge is 0.145 e. The summed E-state index contributed by atoms with van der Waals surface area (Å²) in [4.78, 5) is 0. The Morgan fingerprint density at radius 3 is 2.86 bits per heavy atom. The van der Waals surface area contributed by atoms with Gasteiger partial charge in [-0.05, 0) is 25.0 Å². The van der Waals surface area contributed by atoms with E-state index in [1.807, 2.05) is 0 Å². The third-order valence-corrected chi connectivity index (χ3v) is 1.79. The van der Waals surface area contributed by atoms with Crippen molar-refractivity contribution in [1.82, 2.24) is 0 Å². The SMILES string of the molecule is Nc1ccc(F)cc1OCCCCO. The minimum absolute atomic E-state index is 0.141. The van der Waals surface area contributed by atoms with Gasteiger partial charge in [-0.15, -0.1) is 0 Å². The van der Waals surface area contributed by atoms with Crippen LogP contribution in [0.3, 0.4) is 0 Å². The quantitative estimate of drug-likeness (QED) is 0.559. The van der Waals surface area contributed by atoms with E-state index < -0.39 is 0 Å². The molecular formula is C10H14FNO2. The number of unbranched alkanes of at least 4 members (excludes halogenated alkanes) is 1. The molecule has 0 unspecified atom stereocenters. The second-order valence-corrected chi connectivity index (χ2v) is 2.96. The van der Waals surface area contributed by atoms with E-state index in [9.17, 15) is 4.39 Å². The van der Waals surface area contributed by atoms with Crippen LogP contribution in [-0.4, -0.2) is 18.3 Å². The molecule has 0 spiro atoms. The number of benzene rings is 1. The number of halogens is 1. The monoisotopic (exact) mass is 199 g/mol. The fourth-order valence-corrected chi connectivity index (χ4v) is 1.03. The Kier molecular flexibility index (Phi) is 4.19. The summed E-state index contributed by atoms with van der Waals surface area (Å²) in [6.45, 7) is 0.580. The van der Waals surface area contributed by atoms with Gasteiger partial charge in [0, 0.05) is 12.7 Å². The van der Waals surface area contributed by atoms with E-state index >= 15 is 0 Å². The molecule has 0 amide bonds. The summed E-state index contributed by atoms with van der Waals surface area (Å²) in [7, 11) is 0. The van der Waals surface area contributed by atoms with E-state index in [4.69, 9.17) is 15.6 Å². The summed E-state index contributed by atoms with van der Waals surface area (Å²) in [5.41, 5.74) is 5.99. The molecule has 0 heterocycles. The van der Waals surface area contributed by atoms with Crippen molar-refractivity contribution in [3.63, 3.8) is 0 Å². The van der Waals surface area contributed by atoms with Gasteiger partial charge in [0.2, 0.25) is 0 Å². The first kappa shape index (κ1) is 10.8. The molecule has 0 aliphatic rings. The highest BCUT2D eigenvalue weighted by Gasteiger charge is 2.01. The third kappa shape index (κ3) is 3.22. The number of rotatable bonds is 5. The van der Waals surface area contributed by atoms with Crippen LogP contribution in [0.4, 0.5) is 10.1 Å². The first-order valence-corrected chi connectivity index (χ1v) is 4.52. The second-order valence-electron chi connectivity index (χ2n) is 2.96. The van der Waals surface area contributed by atoms with Crippen LogP contribution in [-0.2, 0) is 0 Å². The third-order valence-electron chi connectivity index (χ3n) is 1.79. The number of nitrogens with two attached hydrogens (primary N) is 1. The molecule has 0 fully saturated rings. The largest absolute Gasteiger partial charge is 0.491 e. The Bertz CT molecular complexity index is 291. The van der Waals surface area contributed by atoms with Gasteiger partial charge >= 0.3 is 0 Å². The summed E-state index contributed by atoms with van der Waals surface area (Å²) in [6, 6.07) is 4.01. The number of aliphatic hydroxyl groups excluding tert-OH is 1. The maximum atomic E-state index is 12.7. The van der Waals surface area contributed by atoms with E-state index in [0.29, 0.717) is 24.5 Å². The van der Waals surface area contributed by atoms with Gasteiger partial charge in [-0.3, -0.25) is 0 Å². The van der Waals surface area contributed by atoms with Crippen LogP contribution in [0.15, 0.2) is 18.2 Å². The van der Waals surface area contributed by atoms with E-state index in [-0.39, 0.29) is 12.4 Å². The van der Waals surface area contributed by atoms with Gasteiger partial charge in [0.15, 0.2) is 0 Å². The topological polar surface area (TPSA) is 55.5 Å². The molecular weight excluding hydrogens is 185 g/mol. The zero-order chi connectivity index (χ0) is 10.4. The van der Waals surface area contributed by atoms with Gasteiger partial charge < -0.3 is 15.6 Å². The number of hydrogen-bond acceptors (Lipinski definition) is 3. The molecule has 0 aromatic heterocycles. The predicted octanol–water partition coefficient (Wildman–Crippen LogP) is 1.56. The molecule has 3 N–H and O–H groups in total. The van der Waals surface area contributed by atoms with Gasteiger partial charge in [-0.25, -0.2) is 4.39 Å². The molecule has 0 saturated carbocycles. The molecule has 1 aromatic rings. The number of ether oxygens (including phenoxy) is 1. The van der Waals surface area contributed by atoms with Gasteiger partial charge in [-0.1, -0.05) is 0 Å². The van der Waals surface area contributed by atoms with Crippen LogP contribution in [0.1, 0.15) is 12.8 Å². The summed E-state index contributed by atoms with van der Waals surface area (Å²) in [5.74, 6) is -0.000650. The van der Waals surface area contributed by atoms with E-state index in [1.54, 1.807) is 0 Å². The standard InChI is InChI=1S/C10H14FNO2/c11-8-3-4-9(12)10(7-8)14-6-2-1-5-13/h3-4,7,13H,1-2,5-6,12H2. The van der Waals surface area contributed by atoms with Crippen LogP contribution in [0.25, 0.3) is 0 Å². The molecule has 0 aliphatic carbocycles. The molecule has 0 atom stereocenters. The van der Waals surface area contributed by atoms with Gasteiger partial charge in [-0.2, -0.15) is 0 Å². The van der Waals surface area contributed by atoms with Gasteiger partial charge in [0.05, 0.1) is 12.3 Å². The molecule has 0 saturated heterocycles. The molecule has 4 heteroatoms. The van der Waals surface area contributed by atoms with Crippen LogP contribution < -0.4 is 10.5 Å². The second kappa shape index (κ2) is 5.44. The minimum atomic E-state index is -0.364. The van der Waals surface area contributed by atoms with E-state index in [1.165, 1.54) is 18.2 Å². The zero-order valence-electron chi connectivity index (χ0n) is 7.87. The average molecular weight is 199 g/mol. The normalized spacial score (nSPS) is 10.1. The molecule has 0 aliphatic heterocycles. The van der Waals surface area contributed by atoms with Crippen molar-refractivity contribution < 1.29 is 14.2 Å². The lowest BCUT2D eigenvalue weighted by atomic mass is 10.3. The number of hydrogen-bond donors (Lipinski definition) is 2. The van der Waals surface area contributed by atoms with Crippen LogP contribution in [0, 0.1) is 5.82 Å². The van der Waals surface area contributed by atoms with Crippen molar-refractivity contribution in [2.75, 3.05) is 18.9 Å². The van der Waals surface area contributed by atoms with Gasteiger partial charge in [0.1, 0.15) is 11.6 Å². The maximum Gasteiger partial charge on any atom is 0.145 e. The van der Waals surface area contributed by atoms with Crippen molar-refractivity contribution >= 4 is 5.69 Å². The molecule has 0 bridgehead atoms. The van der Waals surface area contributed by atoms with Crippen LogP contribution in [0.2, 0.25) is 0 Å². The molecule has 14 heavy (non-hydrogen) atoms. The molecule has 0 radical (unpaired) electrons. The Labute approximate surface area is 82.3 Å². The predicted molar refractivity (Wildman–Crippen MR) is 52.6 cm³/mol. The minimum Gasteiger partial charge on any atom is -0.491 e. The number of aliphatic hydroxyl groups is 1. The first-order valence-electron chi connectivity index (χ1n) is 4.52. The maximum absolute atomic E-state index is 12.7. The fraction of sp³-hybridized carbons (Fsp3) is 0.400. The van der Waals surface area contributed by atoms with Crippen molar-refractivity contribution in [2.45, 2.75) is 12.8 Å². The summed E-state index contributed by atoms with van der Waals surface area (Å²) >= 11 is 0. The van der Waals surface area contributed by atoms with E-state index in [0.717, 1.165) is 6.42 Å². The fourth-order valence-electron chi connectivity index (χ4n) is 1.03. The Morgan fingerprint density at radius 2 is 2.14 bits per heavy atom. The van der Waals surface area contributed by atoms with Gasteiger partial charge in [0.25, 0.3) is 0 Å². The van der Waals surface area contributed by atoms with Crippen molar-refractivity contribution in [1.29, 1.82) is 0 Å². The van der Waals surface area contributed by atoms with Crippen LogP contribution in [0.5, 0.6) is 5.75 Å². The molecule has 78 valence electrons. The lowest BCUT2D eigenvalue weighted by Gasteiger charge is -2.07. The molecule has 1 aromatic carbocycles. The van der Waals surface area contributed by atoms with Crippen molar-refractivity contribution in [2.24, 2.45) is 0 Å². The number of nitrogen functional groups attached to an aromatic ring is 1. The lowest BCUT2D eigenvalue weighted by Crippen LogP contribution is -2.01. The first-order chi connectivity index (χ1) is 6.74. The summed E-state index contributed by atoms with van der Waals surface area (Å²) in [5, 5.41) is 8.52. The summed E-state index contributed by atoms with van der Waals surface area (Å²) in [6.07, 6.45) is 1.40. The highest BCUT2D eigenvalue weighted by Crippen LogP contribution is 2.21. The number of anilines is 1. The Hall–Kier alpha value is -1.29. The molecule has 1 rings (SSSR count). The van der Waals surface area contributed by atoms with E-state index in [2.05, 4.69) is 0 Å². The van der Waals surface area contributed by atoms with Crippen molar-refractivity contribution in [3.05, 3.63) is 24.0 Å². The zero-order valence-corrected chi connectivity index (χ0v) is 7.87. The average Bonchev–Trinajstić information content (AvgIpc) is 2.18. The summed E-state index contributed by atoms with van der Waals surface area (Å²) < 4.78 is 18.0. The van der Waals surface area contributed by atoms with Crippen molar-refractivity contribution in [3.8, 4) is 5.75 Å². The lowest BCUT2D eigenvalue weighted by molar-refractivity contribution is 0.253. The Balaban J connectivity index is 2.45. The van der Waals surface area contributed by atoms with Crippen LogP contribution >= 0.6 is 0 Å². The highest BCUT2D eigenvalue weighted by atomic mass is 19.1. The Morgan fingerprint density at radius 1 is 1.36 bits per heavy atom.